The third-order valence-corrected chi connectivity index (χ3v) is 4.25. The third-order valence-electron chi connectivity index (χ3n) is 2.94. The fourth-order valence-corrected chi connectivity index (χ4v) is 2.50. The number of aliphatic hydroxyl groups excluding tert-OH is 1. The van der Waals surface area contributed by atoms with Crippen LogP contribution in [0.1, 0.15) is 23.8 Å². The van der Waals surface area contributed by atoms with Crippen LogP contribution in [0.2, 0.25) is 5.02 Å². The van der Waals surface area contributed by atoms with Crippen LogP contribution in [-0.2, 0) is 13.5 Å². The molecule has 1 aromatic carbocycles. The highest BCUT2D eigenvalue weighted by Gasteiger charge is 2.14. The Bertz CT molecular complexity index is 542. The van der Waals surface area contributed by atoms with E-state index < -0.39 is 6.10 Å². The van der Waals surface area contributed by atoms with Crippen LogP contribution in [0.5, 0.6) is 0 Å². The lowest BCUT2D eigenvalue weighted by Crippen LogP contribution is -2.04. The third kappa shape index (κ3) is 2.94. The molecule has 1 heterocycles. The first kappa shape index (κ1) is 13.6. The molecule has 0 bridgehead atoms. The number of hydrogen-bond acceptors (Lipinski definition) is 2. The summed E-state index contributed by atoms with van der Waals surface area (Å²) in [5.41, 5.74) is 1.85. The second-order valence-electron chi connectivity index (χ2n) is 4.14. The zero-order chi connectivity index (χ0) is 13.1. The molecule has 0 saturated heterocycles. The number of aryl methyl sites for hydroxylation is 2. The number of aromatic nitrogens is 2. The van der Waals surface area contributed by atoms with Crippen molar-refractivity contribution in [2.24, 2.45) is 7.05 Å². The standard InChI is InChI=1S/C13H14BrClN2O/c1-17-9(7-8-16-17)5-6-12(18)10-3-2-4-11(14)13(10)15/h2-4,7-8,12,18H,5-6H2,1H3. The topological polar surface area (TPSA) is 38.0 Å². The molecule has 0 fully saturated rings. The summed E-state index contributed by atoms with van der Waals surface area (Å²) in [5.74, 6) is 0. The van der Waals surface area contributed by atoms with Crippen molar-refractivity contribution in [2.45, 2.75) is 18.9 Å². The van der Waals surface area contributed by atoms with E-state index in [0.29, 0.717) is 11.4 Å². The summed E-state index contributed by atoms with van der Waals surface area (Å²) in [4.78, 5) is 0. The number of aliphatic hydroxyl groups is 1. The van der Waals surface area contributed by atoms with Crippen LogP contribution in [0.25, 0.3) is 0 Å². The molecule has 0 spiro atoms. The minimum absolute atomic E-state index is 0.565. The monoisotopic (exact) mass is 328 g/mol. The van der Waals surface area contributed by atoms with Crippen LogP contribution in [-0.4, -0.2) is 14.9 Å². The van der Waals surface area contributed by atoms with Crippen LogP contribution in [0.15, 0.2) is 34.9 Å². The number of benzene rings is 1. The minimum atomic E-state index is -0.565. The van der Waals surface area contributed by atoms with Crippen molar-refractivity contribution in [1.82, 2.24) is 9.78 Å². The quantitative estimate of drug-likeness (QED) is 0.932. The van der Waals surface area contributed by atoms with Crippen molar-refractivity contribution in [3.8, 4) is 0 Å². The van der Waals surface area contributed by atoms with Crippen LogP contribution >= 0.6 is 27.5 Å². The summed E-state index contributed by atoms with van der Waals surface area (Å²) in [6.07, 6.45) is 2.58. The lowest BCUT2D eigenvalue weighted by molar-refractivity contribution is 0.167. The summed E-state index contributed by atoms with van der Waals surface area (Å²) in [6, 6.07) is 7.54. The zero-order valence-electron chi connectivity index (χ0n) is 9.98. The van der Waals surface area contributed by atoms with Gasteiger partial charge < -0.3 is 5.11 Å². The highest BCUT2D eigenvalue weighted by molar-refractivity contribution is 9.10. The van der Waals surface area contributed by atoms with Gasteiger partial charge in [-0.2, -0.15) is 5.10 Å². The Balaban J connectivity index is 2.06. The molecule has 0 radical (unpaired) electrons. The summed E-state index contributed by atoms with van der Waals surface area (Å²) in [5, 5.41) is 14.9. The molecule has 2 aromatic rings. The SMILES string of the molecule is Cn1nccc1CCC(O)c1cccc(Br)c1Cl. The summed E-state index contributed by atoms with van der Waals surface area (Å²) >= 11 is 9.51. The molecule has 0 amide bonds. The molecule has 1 aromatic heterocycles. The van der Waals surface area contributed by atoms with Gasteiger partial charge in [0.25, 0.3) is 0 Å². The predicted octanol–water partition coefficient (Wildman–Crippen LogP) is 3.50. The van der Waals surface area contributed by atoms with Gasteiger partial charge >= 0.3 is 0 Å². The van der Waals surface area contributed by atoms with Crippen molar-refractivity contribution >= 4 is 27.5 Å². The van der Waals surface area contributed by atoms with Gasteiger partial charge in [-0.1, -0.05) is 23.7 Å². The molecule has 0 aliphatic rings. The van der Waals surface area contributed by atoms with Crippen molar-refractivity contribution in [1.29, 1.82) is 0 Å². The molecule has 1 unspecified atom stereocenters. The van der Waals surface area contributed by atoms with Crippen molar-refractivity contribution in [2.75, 3.05) is 0 Å². The summed E-state index contributed by atoms with van der Waals surface area (Å²) < 4.78 is 2.62. The first-order valence-electron chi connectivity index (χ1n) is 5.68. The van der Waals surface area contributed by atoms with Gasteiger partial charge in [0, 0.05) is 29.0 Å². The summed E-state index contributed by atoms with van der Waals surface area (Å²) in [6.45, 7) is 0. The van der Waals surface area contributed by atoms with Crippen LogP contribution in [0.3, 0.4) is 0 Å². The van der Waals surface area contributed by atoms with Crippen LogP contribution in [0.4, 0.5) is 0 Å². The van der Waals surface area contributed by atoms with E-state index in [0.717, 1.165) is 22.2 Å². The zero-order valence-corrected chi connectivity index (χ0v) is 12.3. The second kappa shape index (κ2) is 5.87. The van der Waals surface area contributed by atoms with E-state index >= 15 is 0 Å². The molecule has 1 N–H and O–H groups in total. The van der Waals surface area contributed by atoms with Gasteiger partial charge in [-0.3, -0.25) is 4.68 Å². The Morgan fingerprint density at radius 2 is 2.22 bits per heavy atom. The summed E-state index contributed by atoms with van der Waals surface area (Å²) in [7, 11) is 1.90. The molecule has 96 valence electrons. The lowest BCUT2D eigenvalue weighted by Gasteiger charge is -2.13. The molecule has 0 aliphatic heterocycles. The Morgan fingerprint density at radius 3 is 2.89 bits per heavy atom. The molecule has 0 saturated carbocycles. The maximum absolute atomic E-state index is 10.2. The number of hydrogen-bond donors (Lipinski definition) is 1. The molecular formula is C13H14BrClN2O. The van der Waals surface area contributed by atoms with Crippen LogP contribution in [0, 0.1) is 0 Å². The Labute approximate surface area is 120 Å². The second-order valence-corrected chi connectivity index (χ2v) is 5.38. The fraction of sp³-hybridized carbons (Fsp3) is 0.308. The normalized spacial score (nSPS) is 12.7. The van der Waals surface area contributed by atoms with Gasteiger partial charge in [0.1, 0.15) is 0 Å². The lowest BCUT2D eigenvalue weighted by atomic mass is 10.0. The van der Waals surface area contributed by atoms with Crippen molar-refractivity contribution < 1.29 is 5.11 Å². The average molecular weight is 330 g/mol. The Hall–Kier alpha value is -0.840. The maximum Gasteiger partial charge on any atom is 0.0808 e. The first-order valence-corrected chi connectivity index (χ1v) is 6.85. The van der Waals surface area contributed by atoms with Crippen molar-refractivity contribution in [3.63, 3.8) is 0 Å². The van der Waals surface area contributed by atoms with E-state index in [-0.39, 0.29) is 0 Å². The maximum atomic E-state index is 10.2. The Kier molecular flexibility index (Phi) is 4.43. The number of nitrogens with zero attached hydrogens (tertiary/aromatic N) is 2. The van der Waals surface area contributed by atoms with E-state index in [1.807, 2.05) is 36.0 Å². The first-order chi connectivity index (χ1) is 8.59. The minimum Gasteiger partial charge on any atom is -0.388 e. The van der Waals surface area contributed by atoms with E-state index in [4.69, 9.17) is 11.6 Å². The Morgan fingerprint density at radius 1 is 1.44 bits per heavy atom. The van der Waals surface area contributed by atoms with Gasteiger partial charge in [0.2, 0.25) is 0 Å². The molecular weight excluding hydrogens is 316 g/mol. The van der Waals surface area contributed by atoms with Gasteiger partial charge in [-0.05, 0) is 40.9 Å². The van der Waals surface area contributed by atoms with E-state index in [1.165, 1.54) is 0 Å². The fourth-order valence-electron chi connectivity index (χ4n) is 1.86. The molecule has 0 aliphatic carbocycles. The van der Waals surface area contributed by atoms with Gasteiger partial charge in [-0.25, -0.2) is 0 Å². The average Bonchev–Trinajstić information content (AvgIpc) is 2.75. The highest BCUT2D eigenvalue weighted by atomic mass is 79.9. The molecule has 2 rings (SSSR count). The molecule has 18 heavy (non-hydrogen) atoms. The van der Waals surface area contributed by atoms with Gasteiger partial charge in [-0.15, -0.1) is 0 Å². The highest BCUT2D eigenvalue weighted by Crippen LogP contribution is 2.31. The largest absolute Gasteiger partial charge is 0.388 e. The van der Waals surface area contributed by atoms with E-state index in [1.54, 1.807) is 6.20 Å². The smallest absolute Gasteiger partial charge is 0.0808 e. The molecule has 1 atom stereocenters. The number of rotatable bonds is 4. The van der Waals surface area contributed by atoms with Crippen LogP contribution < -0.4 is 0 Å². The number of halogens is 2. The van der Waals surface area contributed by atoms with Gasteiger partial charge in [0.05, 0.1) is 11.1 Å². The van der Waals surface area contributed by atoms with Gasteiger partial charge in [0.15, 0.2) is 0 Å². The van der Waals surface area contributed by atoms with E-state index in [2.05, 4.69) is 21.0 Å². The van der Waals surface area contributed by atoms with E-state index in [9.17, 15) is 5.11 Å². The predicted molar refractivity (Wildman–Crippen MR) is 75.6 cm³/mol. The van der Waals surface area contributed by atoms with Crippen molar-refractivity contribution in [3.05, 3.63) is 51.2 Å². The molecule has 5 heteroatoms. The molecule has 3 nitrogen and oxygen atoms in total.